The van der Waals surface area contributed by atoms with E-state index in [0.717, 1.165) is 19.3 Å². The Morgan fingerprint density at radius 1 is 1.13 bits per heavy atom. The maximum absolute atomic E-state index is 12.1. The minimum Gasteiger partial charge on any atom is -0.390 e. The molecule has 0 saturated carbocycles. The van der Waals surface area contributed by atoms with Crippen LogP contribution in [0.2, 0.25) is 0 Å². The molecule has 3 aromatic rings. The molecule has 0 radical (unpaired) electrons. The van der Waals surface area contributed by atoms with Gasteiger partial charge in [-0.1, -0.05) is 18.3 Å². The van der Waals surface area contributed by atoms with Crippen molar-refractivity contribution in [3.05, 3.63) is 52.1 Å². The smallest absolute Gasteiger partial charge is 0.390 e. The summed E-state index contributed by atoms with van der Waals surface area (Å²) < 4.78 is 53.6. The number of aliphatic hydroxyl groups excluding tert-OH is 1. The number of Topliss-reactive ketones (excluding diaryl/α,β-unsaturated/α-hetero) is 1. The second-order valence-electron chi connectivity index (χ2n) is 11.7. The number of hydrogen-bond acceptors (Lipinski definition) is 16. The monoisotopic (exact) mass is 805 g/mol. The number of nitrogens with two attached hydrogens (primary N) is 1. The van der Waals surface area contributed by atoms with Gasteiger partial charge in [0.25, 0.3) is 5.69 Å². The van der Waals surface area contributed by atoms with Crippen molar-refractivity contribution in [3.63, 3.8) is 0 Å². The number of rotatable bonds is 19. The lowest BCUT2D eigenvalue weighted by Crippen LogP contribution is -2.26. The van der Waals surface area contributed by atoms with Crippen LogP contribution in [0.25, 0.3) is 11.2 Å². The Morgan fingerprint density at radius 3 is 2.58 bits per heavy atom. The zero-order chi connectivity index (χ0) is 39.0. The van der Waals surface area contributed by atoms with Crippen LogP contribution in [0.3, 0.4) is 0 Å². The Hall–Kier alpha value is -3.51. The lowest BCUT2D eigenvalue weighted by Gasteiger charge is -2.19. The minimum atomic E-state index is -5.74. The van der Waals surface area contributed by atoms with Crippen molar-refractivity contribution >= 4 is 51.9 Å². The molecule has 3 unspecified atom stereocenters. The van der Waals surface area contributed by atoms with Crippen LogP contribution in [0.4, 0.5) is 11.5 Å². The molecule has 8 N–H and O–H groups in total. The van der Waals surface area contributed by atoms with Crippen molar-refractivity contribution in [2.45, 2.75) is 76.3 Å². The van der Waals surface area contributed by atoms with Crippen molar-refractivity contribution in [1.29, 1.82) is 0 Å². The van der Waals surface area contributed by atoms with E-state index in [-0.39, 0.29) is 34.9 Å². The van der Waals surface area contributed by atoms with Crippen LogP contribution in [0.1, 0.15) is 75.3 Å². The van der Waals surface area contributed by atoms with Crippen LogP contribution < -0.4 is 11.1 Å². The number of ether oxygens (including phenoxy) is 1. The van der Waals surface area contributed by atoms with Gasteiger partial charge in [0, 0.05) is 37.3 Å². The summed E-state index contributed by atoms with van der Waals surface area (Å²) in [6.45, 7) is 1.40. The van der Waals surface area contributed by atoms with Crippen molar-refractivity contribution < 1.29 is 66.0 Å². The van der Waals surface area contributed by atoms with Gasteiger partial charge in [0.15, 0.2) is 17.0 Å². The SMILES string of the molecule is C[C@H](Nc1ncnc2c1ncn2[C@H]1CC(O)[C@@H](COP(=O)(O)OP(=O)(O)OP(=O)(O)O)O1)c1ccc(C#CCCC(=O)CCCCCN)cc1[N+](=O)[O-]. The molecular formula is C28H38N7O15P3. The van der Waals surface area contributed by atoms with Crippen molar-refractivity contribution in [3.8, 4) is 11.8 Å². The van der Waals surface area contributed by atoms with Crippen molar-refractivity contribution in [1.82, 2.24) is 19.5 Å². The van der Waals surface area contributed by atoms with E-state index in [1.165, 1.54) is 23.3 Å². The van der Waals surface area contributed by atoms with Crippen LogP contribution >= 0.6 is 23.5 Å². The fourth-order valence-electron chi connectivity index (χ4n) is 5.24. The average molecular weight is 806 g/mol. The summed E-state index contributed by atoms with van der Waals surface area (Å²) in [5.41, 5.74) is 6.44. The molecule has 1 aromatic carbocycles. The number of ketones is 1. The second kappa shape index (κ2) is 18.2. The van der Waals surface area contributed by atoms with E-state index in [2.05, 4.69) is 45.3 Å². The number of phosphoric ester groups is 1. The summed E-state index contributed by atoms with van der Waals surface area (Å²) in [6.07, 6.45) is 2.49. The number of nitro groups is 1. The summed E-state index contributed by atoms with van der Waals surface area (Å²) in [4.78, 5) is 72.7. The molecule has 0 aliphatic carbocycles. The Bertz CT molecular complexity index is 2000. The first-order chi connectivity index (χ1) is 24.9. The Kier molecular flexibility index (Phi) is 14.5. The average Bonchev–Trinajstić information content (AvgIpc) is 3.66. The molecule has 53 heavy (non-hydrogen) atoms. The number of aliphatic hydroxyl groups is 1. The third kappa shape index (κ3) is 12.5. The molecule has 6 atom stereocenters. The molecule has 22 nitrogen and oxygen atoms in total. The first-order valence-electron chi connectivity index (χ1n) is 15.9. The summed E-state index contributed by atoms with van der Waals surface area (Å²) in [7, 11) is -16.8. The molecule has 0 spiro atoms. The third-order valence-electron chi connectivity index (χ3n) is 7.66. The van der Waals surface area contributed by atoms with Gasteiger partial charge in [-0.25, -0.2) is 28.6 Å². The number of nitrogens with zero attached hydrogens (tertiary/aromatic N) is 5. The van der Waals surface area contributed by atoms with E-state index in [4.69, 9.17) is 20.3 Å². The van der Waals surface area contributed by atoms with E-state index < -0.39 is 59.5 Å². The van der Waals surface area contributed by atoms with Crippen LogP contribution in [-0.2, 0) is 36.4 Å². The number of phosphoric acid groups is 3. The van der Waals surface area contributed by atoms with E-state index in [1.807, 2.05) is 0 Å². The van der Waals surface area contributed by atoms with Gasteiger partial charge < -0.3 is 40.5 Å². The Labute approximate surface area is 301 Å². The third-order valence-corrected chi connectivity index (χ3v) is 11.5. The zero-order valence-electron chi connectivity index (χ0n) is 28.0. The summed E-state index contributed by atoms with van der Waals surface area (Å²) in [5.74, 6) is 6.09. The predicted octanol–water partition coefficient (Wildman–Crippen LogP) is 3.12. The first kappa shape index (κ1) is 42.2. The van der Waals surface area contributed by atoms with Crippen molar-refractivity contribution in [2.24, 2.45) is 5.73 Å². The van der Waals surface area contributed by atoms with Crippen LogP contribution in [0, 0.1) is 22.0 Å². The number of unbranched alkanes of at least 4 members (excludes halogenated alkanes) is 2. The molecule has 1 aliphatic rings. The van der Waals surface area contributed by atoms with E-state index in [0.29, 0.717) is 36.9 Å². The van der Waals surface area contributed by atoms with E-state index in [9.17, 15) is 43.5 Å². The maximum Gasteiger partial charge on any atom is 0.490 e. The fourth-order valence-corrected chi connectivity index (χ4v) is 8.27. The number of aromatic nitrogens is 4. The number of imidazole rings is 1. The molecule has 3 heterocycles. The quantitative estimate of drug-likeness (QED) is 0.0301. The van der Waals surface area contributed by atoms with Crippen LogP contribution in [0.15, 0.2) is 30.9 Å². The zero-order valence-corrected chi connectivity index (χ0v) is 30.7. The van der Waals surface area contributed by atoms with E-state index in [1.54, 1.807) is 19.1 Å². The second-order valence-corrected chi connectivity index (χ2v) is 16.1. The fraction of sp³-hybridized carbons (Fsp3) is 0.500. The minimum absolute atomic E-state index is 0.103. The molecule has 290 valence electrons. The molecule has 0 bridgehead atoms. The Morgan fingerprint density at radius 2 is 1.89 bits per heavy atom. The van der Waals surface area contributed by atoms with Crippen LogP contribution in [-0.4, -0.2) is 80.3 Å². The highest BCUT2D eigenvalue weighted by atomic mass is 31.3. The number of hydrogen-bond donors (Lipinski definition) is 7. The molecule has 25 heteroatoms. The molecule has 1 saturated heterocycles. The molecule has 2 aromatic heterocycles. The molecule has 1 fully saturated rings. The van der Waals surface area contributed by atoms with Gasteiger partial charge in [0.05, 0.1) is 35.6 Å². The summed E-state index contributed by atoms with van der Waals surface area (Å²) in [5, 5.41) is 25.6. The van der Waals surface area contributed by atoms with Crippen LogP contribution in [0.5, 0.6) is 0 Å². The summed E-state index contributed by atoms with van der Waals surface area (Å²) in [6, 6.07) is 3.88. The molecule has 0 amide bonds. The number of carbonyl (C=O) groups is 1. The highest BCUT2D eigenvalue weighted by Gasteiger charge is 2.43. The lowest BCUT2D eigenvalue weighted by molar-refractivity contribution is -0.385. The number of nitrogens with one attached hydrogen (secondary N) is 1. The van der Waals surface area contributed by atoms with Gasteiger partial charge in [-0.05, 0) is 38.4 Å². The number of nitro benzene ring substituents is 1. The van der Waals surface area contributed by atoms with Gasteiger partial charge in [-0.15, -0.1) is 0 Å². The summed E-state index contributed by atoms with van der Waals surface area (Å²) >= 11 is 0. The highest BCUT2D eigenvalue weighted by Crippen LogP contribution is 2.66. The lowest BCUT2D eigenvalue weighted by atomic mass is 10.0. The van der Waals surface area contributed by atoms with Gasteiger partial charge in [0.1, 0.15) is 24.4 Å². The van der Waals surface area contributed by atoms with Gasteiger partial charge in [-0.2, -0.15) is 8.62 Å². The van der Waals surface area contributed by atoms with Crippen molar-refractivity contribution in [2.75, 3.05) is 18.5 Å². The Balaban J connectivity index is 1.40. The first-order valence-corrected chi connectivity index (χ1v) is 20.4. The normalized spacial score (nSPS) is 20.2. The van der Waals surface area contributed by atoms with Gasteiger partial charge in [0.2, 0.25) is 0 Å². The number of carbonyl (C=O) groups excluding carboxylic acids is 1. The number of fused-ring (bicyclic) bond motifs is 1. The standard InChI is InChI=1S/C28H38N7O15P3/c1-18(21-11-10-19(13-22(21)35(38)39)7-4-5-9-20(36)8-3-2-6-12-29)33-27-26-28(31-16-30-27)34(17-32-26)25-14-23(37)24(48-25)15-47-52(43,44)50-53(45,46)49-51(40,41)42/h10-11,13,16-18,23-25,37H,2-3,5-6,8-9,12,14-15,29H2,1H3,(H,43,44)(H,45,46)(H,30,31,33)(H2,40,41,42)/t18-,23?,24+,25+/m0/s1. The largest absolute Gasteiger partial charge is 0.490 e. The topological polar surface area (TPSA) is 331 Å². The van der Waals surface area contributed by atoms with E-state index >= 15 is 0 Å². The van der Waals surface area contributed by atoms with Gasteiger partial charge >= 0.3 is 23.5 Å². The number of benzene rings is 1. The molecule has 1 aliphatic heterocycles. The molecular weight excluding hydrogens is 767 g/mol. The predicted molar refractivity (Wildman–Crippen MR) is 183 cm³/mol. The van der Waals surface area contributed by atoms with Gasteiger partial charge in [-0.3, -0.25) is 24.0 Å². The number of anilines is 1. The molecule has 4 rings (SSSR count). The maximum atomic E-state index is 12.1. The highest BCUT2D eigenvalue weighted by molar-refractivity contribution is 7.66.